The number of hydrogen-bond donors (Lipinski definition) is 3. The van der Waals surface area contributed by atoms with Crippen LogP contribution in [0, 0.1) is 5.92 Å². The number of aliphatic hydroxyl groups excluding tert-OH is 1. The predicted molar refractivity (Wildman–Crippen MR) is 121 cm³/mol. The number of nitrogens with zero attached hydrogens (tertiary/aromatic N) is 4. The minimum absolute atomic E-state index is 0.0432. The van der Waals surface area contributed by atoms with E-state index in [1.54, 1.807) is 21.8 Å². The fourth-order valence-electron chi connectivity index (χ4n) is 4.38. The first-order chi connectivity index (χ1) is 15.4. The molecule has 1 aliphatic rings. The van der Waals surface area contributed by atoms with E-state index in [-0.39, 0.29) is 17.9 Å². The number of aliphatic hydroxyl groups is 1. The zero-order chi connectivity index (χ0) is 22.8. The molecule has 3 atom stereocenters. The van der Waals surface area contributed by atoms with Crippen LogP contribution in [0.3, 0.4) is 0 Å². The molecule has 1 saturated heterocycles. The molecule has 0 aliphatic carbocycles. The number of nitrogens with two attached hydrogens (primary N) is 1. The average Bonchev–Trinajstić information content (AvgIpc) is 3.24. The van der Waals surface area contributed by atoms with Gasteiger partial charge in [-0.05, 0) is 49.4 Å². The number of piperidine rings is 1. The maximum atomic E-state index is 12.3. The number of pyridine rings is 1. The zero-order valence-corrected chi connectivity index (χ0v) is 18.2. The lowest BCUT2D eigenvalue weighted by Gasteiger charge is -2.39. The summed E-state index contributed by atoms with van der Waals surface area (Å²) in [4.78, 5) is 30.2. The molecule has 0 saturated carbocycles. The monoisotopic (exact) mass is 436 g/mol. The molecule has 1 aliphatic heterocycles. The summed E-state index contributed by atoms with van der Waals surface area (Å²) >= 11 is 0. The van der Waals surface area contributed by atoms with Gasteiger partial charge in [-0.15, -0.1) is 0 Å². The quantitative estimate of drug-likeness (QED) is 0.542. The highest BCUT2D eigenvalue weighted by molar-refractivity contribution is 6.02. The molecule has 0 bridgehead atoms. The third-order valence-electron chi connectivity index (χ3n) is 6.17. The zero-order valence-electron chi connectivity index (χ0n) is 18.2. The molecule has 4 heterocycles. The summed E-state index contributed by atoms with van der Waals surface area (Å²) in [5.74, 6) is -0.640. The minimum Gasteiger partial charge on any atom is -0.384 e. The van der Waals surface area contributed by atoms with E-state index >= 15 is 0 Å². The van der Waals surface area contributed by atoms with Crippen LogP contribution in [0.25, 0.3) is 16.6 Å². The molecule has 32 heavy (non-hydrogen) atoms. The second-order valence-corrected chi connectivity index (χ2v) is 8.26. The van der Waals surface area contributed by atoms with Gasteiger partial charge in [-0.3, -0.25) is 14.6 Å². The lowest BCUT2D eigenvalue weighted by atomic mass is 9.89. The number of hydrogen-bond acceptors (Lipinski definition) is 6. The maximum Gasteiger partial charge on any atom is 0.252 e. The molecule has 168 valence electrons. The highest BCUT2D eigenvalue weighted by Gasteiger charge is 2.32. The number of carbonyl (C=O) groups is 2. The van der Waals surface area contributed by atoms with Crippen molar-refractivity contribution >= 4 is 23.0 Å². The van der Waals surface area contributed by atoms with E-state index in [1.165, 1.54) is 13.1 Å². The number of nitrogens with one attached hydrogen (secondary N) is 1. The Balaban J connectivity index is 1.68. The molecule has 9 nitrogen and oxygen atoms in total. The van der Waals surface area contributed by atoms with Crippen LogP contribution in [-0.4, -0.2) is 61.7 Å². The van der Waals surface area contributed by atoms with Crippen LogP contribution < -0.4 is 11.1 Å². The van der Waals surface area contributed by atoms with Gasteiger partial charge >= 0.3 is 0 Å². The number of rotatable bonds is 6. The first-order valence-corrected chi connectivity index (χ1v) is 10.8. The molecule has 0 aromatic carbocycles. The molecule has 4 N–H and O–H groups in total. The van der Waals surface area contributed by atoms with Crippen LogP contribution in [0.2, 0.25) is 0 Å². The Labute approximate surface area is 186 Å². The highest BCUT2D eigenvalue weighted by atomic mass is 16.3. The molecule has 0 unspecified atom stereocenters. The van der Waals surface area contributed by atoms with Gasteiger partial charge in [0.05, 0.1) is 23.0 Å². The van der Waals surface area contributed by atoms with Crippen molar-refractivity contribution in [1.29, 1.82) is 0 Å². The molecule has 0 spiro atoms. The molecule has 2 amide bonds. The van der Waals surface area contributed by atoms with E-state index in [1.807, 2.05) is 24.4 Å². The third-order valence-corrected chi connectivity index (χ3v) is 6.17. The van der Waals surface area contributed by atoms with E-state index in [9.17, 15) is 14.7 Å². The Morgan fingerprint density at radius 2 is 2.06 bits per heavy atom. The Hall–Kier alpha value is -3.46. The van der Waals surface area contributed by atoms with Crippen LogP contribution in [-0.2, 0) is 4.79 Å². The molecule has 3 aromatic heterocycles. The van der Waals surface area contributed by atoms with Gasteiger partial charge in [-0.2, -0.15) is 5.10 Å². The molecular formula is C23H28N6O3. The number of amides is 2. The second-order valence-electron chi connectivity index (χ2n) is 8.26. The number of aromatic nitrogens is 3. The van der Waals surface area contributed by atoms with Crippen molar-refractivity contribution in [2.45, 2.75) is 38.8 Å². The maximum absolute atomic E-state index is 12.3. The van der Waals surface area contributed by atoms with Gasteiger partial charge in [-0.25, -0.2) is 4.52 Å². The highest BCUT2D eigenvalue weighted by Crippen LogP contribution is 2.31. The summed E-state index contributed by atoms with van der Waals surface area (Å²) in [5, 5.41) is 17.6. The first-order valence-electron chi connectivity index (χ1n) is 10.8. The fourth-order valence-corrected chi connectivity index (χ4v) is 4.38. The van der Waals surface area contributed by atoms with Gasteiger partial charge in [0.2, 0.25) is 0 Å². The van der Waals surface area contributed by atoms with Crippen LogP contribution in [0.4, 0.5) is 5.69 Å². The Kier molecular flexibility index (Phi) is 6.09. The van der Waals surface area contributed by atoms with E-state index in [0.29, 0.717) is 30.8 Å². The summed E-state index contributed by atoms with van der Waals surface area (Å²) in [6.07, 6.45) is 7.38. The van der Waals surface area contributed by atoms with Crippen LogP contribution in [0.5, 0.6) is 0 Å². The normalized spacial score (nSPS) is 19.7. The molecule has 1 fully saturated rings. The van der Waals surface area contributed by atoms with Crippen LogP contribution >= 0.6 is 0 Å². The van der Waals surface area contributed by atoms with Crippen molar-refractivity contribution in [1.82, 2.24) is 19.5 Å². The minimum atomic E-state index is -1.01. The summed E-state index contributed by atoms with van der Waals surface area (Å²) in [6.45, 7) is 4.65. The Morgan fingerprint density at radius 3 is 2.72 bits per heavy atom. The van der Waals surface area contributed by atoms with Crippen LogP contribution in [0.1, 0.15) is 37.0 Å². The van der Waals surface area contributed by atoms with E-state index in [2.05, 4.69) is 22.3 Å². The lowest BCUT2D eigenvalue weighted by molar-refractivity contribution is -0.141. The average molecular weight is 437 g/mol. The van der Waals surface area contributed by atoms with Gasteiger partial charge in [0, 0.05) is 43.3 Å². The smallest absolute Gasteiger partial charge is 0.252 e. The van der Waals surface area contributed by atoms with E-state index in [0.717, 1.165) is 23.1 Å². The van der Waals surface area contributed by atoms with E-state index in [4.69, 9.17) is 5.73 Å². The summed E-state index contributed by atoms with van der Waals surface area (Å²) in [7, 11) is 0. The van der Waals surface area contributed by atoms with Crippen molar-refractivity contribution in [3.05, 3.63) is 48.5 Å². The fraction of sp³-hybridized carbons (Fsp3) is 0.391. The van der Waals surface area contributed by atoms with Gasteiger partial charge in [0.25, 0.3) is 11.8 Å². The Bertz CT molecular complexity index is 1130. The lowest BCUT2D eigenvalue weighted by Crippen LogP contribution is -2.50. The number of primary amides is 1. The van der Waals surface area contributed by atoms with Gasteiger partial charge in [0.15, 0.2) is 0 Å². The van der Waals surface area contributed by atoms with Crippen molar-refractivity contribution in [3.8, 4) is 11.1 Å². The first kappa shape index (κ1) is 21.8. The number of anilines is 1. The SMILES string of the molecule is CC[C@H]1CN(C(=O)[C@@H](C)O)CC[C@H]1Nc1c(C(N)=O)cnn2cc(-c3ccncc3)cc12. The van der Waals surface area contributed by atoms with Gasteiger partial charge < -0.3 is 21.1 Å². The molecule has 3 aromatic rings. The third kappa shape index (κ3) is 4.16. The van der Waals surface area contributed by atoms with Crippen LogP contribution in [0.15, 0.2) is 43.0 Å². The Morgan fingerprint density at radius 1 is 1.31 bits per heavy atom. The molecular weight excluding hydrogens is 408 g/mol. The van der Waals surface area contributed by atoms with Crippen molar-refractivity contribution in [3.63, 3.8) is 0 Å². The summed E-state index contributed by atoms with van der Waals surface area (Å²) in [6, 6.07) is 5.85. The topological polar surface area (TPSA) is 126 Å². The summed E-state index contributed by atoms with van der Waals surface area (Å²) < 4.78 is 1.73. The summed E-state index contributed by atoms with van der Waals surface area (Å²) in [5.41, 5.74) is 9.35. The number of likely N-dealkylation sites (tertiary alicyclic amines) is 1. The van der Waals surface area contributed by atoms with Crippen molar-refractivity contribution in [2.24, 2.45) is 11.7 Å². The van der Waals surface area contributed by atoms with Crippen molar-refractivity contribution < 1.29 is 14.7 Å². The second kappa shape index (κ2) is 8.96. The van der Waals surface area contributed by atoms with Gasteiger partial charge in [-0.1, -0.05) is 6.92 Å². The number of carbonyl (C=O) groups excluding carboxylic acids is 2. The molecule has 0 radical (unpaired) electrons. The molecule has 4 rings (SSSR count). The molecule has 9 heteroatoms. The van der Waals surface area contributed by atoms with Gasteiger partial charge in [0.1, 0.15) is 6.10 Å². The standard InChI is InChI=1S/C23H28N6O3/c1-3-15-12-28(23(32)14(2)30)9-6-19(15)27-21-18(22(24)31)11-26-29-13-17(10-20(21)29)16-4-7-25-8-5-16/h4-5,7-8,10-11,13-15,19,27,30H,3,6,9,12H2,1-2H3,(H2,24,31)/t14-,15+,19-/m1/s1. The van der Waals surface area contributed by atoms with E-state index < -0.39 is 12.0 Å². The van der Waals surface area contributed by atoms with Crippen molar-refractivity contribution in [2.75, 3.05) is 18.4 Å². The number of fused-ring (bicyclic) bond motifs is 1. The largest absolute Gasteiger partial charge is 0.384 e. The predicted octanol–water partition coefficient (Wildman–Crippen LogP) is 1.92.